The Labute approximate surface area is 178 Å². The first-order valence-corrected chi connectivity index (χ1v) is 10.4. The lowest BCUT2D eigenvalue weighted by Crippen LogP contribution is -2.34. The minimum absolute atomic E-state index is 0.0368. The molecule has 1 atom stereocenters. The predicted octanol–water partition coefficient (Wildman–Crippen LogP) is 0.862. The Bertz CT molecular complexity index is 1160. The number of aryl methyl sites for hydroxylation is 1. The molecule has 1 saturated heterocycles. The first kappa shape index (κ1) is 21.0. The molecule has 1 aliphatic rings. The molecule has 2 N–H and O–H groups in total. The van der Waals surface area contributed by atoms with E-state index in [1.807, 2.05) is 0 Å². The Kier molecular flexibility index (Phi) is 5.99. The molecule has 0 unspecified atom stereocenters. The van der Waals surface area contributed by atoms with Crippen molar-refractivity contribution in [3.05, 3.63) is 45.1 Å². The number of aliphatic hydroxyl groups excluding tert-OH is 1. The SMILES string of the molecule is COc1ccc(OC[C@@H](O)Cn2c(N3CCCCC3)nc3c2c(=O)[nH]c(=O)n3C)cc1. The number of nitrogens with one attached hydrogen (secondary N) is 1. The maximum absolute atomic E-state index is 12.6. The number of hydrogen-bond donors (Lipinski definition) is 2. The molecule has 0 spiro atoms. The molecule has 4 rings (SSSR count). The zero-order valence-corrected chi connectivity index (χ0v) is 17.7. The molecule has 0 radical (unpaired) electrons. The van der Waals surface area contributed by atoms with Gasteiger partial charge < -0.3 is 24.0 Å². The number of ether oxygens (including phenoxy) is 2. The van der Waals surface area contributed by atoms with Gasteiger partial charge in [0.15, 0.2) is 11.2 Å². The van der Waals surface area contributed by atoms with E-state index < -0.39 is 17.4 Å². The van der Waals surface area contributed by atoms with Crippen molar-refractivity contribution in [3.8, 4) is 11.5 Å². The topological polar surface area (TPSA) is 115 Å². The van der Waals surface area contributed by atoms with E-state index in [4.69, 9.17) is 9.47 Å². The number of fused-ring (bicyclic) bond motifs is 1. The van der Waals surface area contributed by atoms with E-state index >= 15 is 0 Å². The fourth-order valence-corrected chi connectivity index (χ4v) is 3.86. The number of hydrogen-bond acceptors (Lipinski definition) is 7. The number of nitrogens with zero attached hydrogens (tertiary/aromatic N) is 4. The van der Waals surface area contributed by atoms with Crippen molar-refractivity contribution >= 4 is 17.1 Å². The van der Waals surface area contributed by atoms with Crippen molar-refractivity contribution in [3.63, 3.8) is 0 Å². The van der Waals surface area contributed by atoms with Crippen LogP contribution in [0.25, 0.3) is 11.2 Å². The molecule has 1 fully saturated rings. The lowest BCUT2D eigenvalue weighted by molar-refractivity contribution is 0.0936. The fraction of sp³-hybridized carbons (Fsp3) is 0.476. The molecule has 3 heterocycles. The van der Waals surface area contributed by atoms with Gasteiger partial charge in [-0.05, 0) is 43.5 Å². The number of aromatic nitrogens is 4. The van der Waals surface area contributed by atoms with Gasteiger partial charge in [-0.3, -0.25) is 14.3 Å². The Morgan fingerprint density at radius 2 is 1.81 bits per heavy atom. The predicted molar refractivity (Wildman–Crippen MR) is 116 cm³/mol. The van der Waals surface area contributed by atoms with Crippen molar-refractivity contribution in [2.45, 2.75) is 31.9 Å². The lowest BCUT2D eigenvalue weighted by Gasteiger charge is -2.28. The highest BCUT2D eigenvalue weighted by molar-refractivity contribution is 5.74. The summed E-state index contributed by atoms with van der Waals surface area (Å²) in [5.41, 5.74) is -0.461. The summed E-state index contributed by atoms with van der Waals surface area (Å²) in [6.07, 6.45) is 2.32. The van der Waals surface area contributed by atoms with Gasteiger partial charge in [0.05, 0.1) is 13.7 Å². The van der Waals surface area contributed by atoms with Gasteiger partial charge >= 0.3 is 5.69 Å². The van der Waals surface area contributed by atoms with Crippen LogP contribution >= 0.6 is 0 Å². The van der Waals surface area contributed by atoms with Gasteiger partial charge in [-0.2, -0.15) is 4.98 Å². The van der Waals surface area contributed by atoms with E-state index in [1.165, 1.54) is 4.57 Å². The van der Waals surface area contributed by atoms with E-state index in [2.05, 4.69) is 14.9 Å². The minimum Gasteiger partial charge on any atom is -0.497 e. The summed E-state index contributed by atoms with van der Waals surface area (Å²) in [6.45, 7) is 1.77. The second kappa shape index (κ2) is 8.84. The van der Waals surface area contributed by atoms with Crippen LogP contribution in [0.1, 0.15) is 19.3 Å². The van der Waals surface area contributed by atoms with Crippen LogP contribution in [-0.2, 0) is 13.6 Å². The van der Waals surface area contributed by atoms with Crippen LogP contribution in [0.4, 0.5) is 5.95 Å². The average molecular weight is 429 g/mol. The Morgan fingerprint density at radius 1 is 1.13 bits per heavy atom. The van der Waals surface area contributed by atoms with Gasteiger partial charge in [0.25, 0.3) is 5.56 Å². The molecule has 3 aromatic rings. The highest BCUT2D eigenvalue weighted by Gasteiger charge is 2.24. The lowest BCUT2D eigenvalue weighted by atomic mass is 10.1. The molecule has 10 heteroatoms. The smallest absolute Gasteiger partial charge is 0.329 e. The zero-order chi connectivity index (χ0) is 22.0. The summed E-state index contributed by atoms with van der Waals surface area (Å²) in [4.78, 5) is 33.7. The van der Waals surface area contributed by atoms with E-state index in [1.54, 1.807) is 43.0 Å². The number of anilines is 1. The molecule has 31 heavy (non-hydrogen) atoms. The van der Waals surface area contributed by atoms with Crippen LogP contribution in [0, 0.1) is 0 Å². The van der Waals surface area contributed by atoms with E-state index in [0.717, 1.165) is 32.4 Å². The van der Waals surface area contributed by atoms with Crippen LogP contribution in [0.15, 0.2) is 33.9 Å². The monoisotopic (exact) mass is 429 g/mol. The highest BCUT2D eigenvalue weighted by atomic mass is 16.5. The summed E-state index contributed by atoms with van der Waals surface area (Å²) >= 11 is 0. The molecule has 2 aromatic heterocycles. The summed E-state index contributed by atoms with van der Waals surface area (Å²) in [6, 6.07) is 7.08. The second-order valence-corrected chi connectivity index (χ2v) is 7.70. The van der Waals surface area contributed by atoms with Crippen molar-refractivity contribution in [1.29, 1.82) is 0 Å². The number of aliphatic hydroxyl groups is 1. The normalized spacial score (nSPS) is 15.3. The van der Waals surface area contributed by atoms with Gasteiger partial charge in [0.1, 0.15) is 24.2 Å². The van der Waals surface area contributed by atoms with Crippen LogP contribution in [0.3, 0.4) is 0 Å². The third-order valence-corrected chi connectivity index (χ3v) is 5.52. The molecule has 0 bridgehead atoms. The summed E-state index contributed by atoms with van der Waals surface area (Å²) in [5.74, 6) is 1.91. The number of aromatic amines is 1. The van der Waals surface area contributed by atoms with Gasteiger partial charge in [-0.15, -0.1) is 0 Å². The zero-order valence-electron chi connectivity index (χ0n) is 17.7. The van der Waals surface area contributed by atoms with Gasteiger partial charge in [0.2, 0.25) is 5.95 Å². The average Bonchev–Trinajstić information content (AvgIpc) is 3.17. The number of piperidine rings is 1. The summed E-state index contributed by atoms with van der Waals surface area (Å²) < 4.78 is 13.8. The van der Waals surface area contributed by atoms with Crippen LogP contribution < -0.4 is 25.6 Å². The Hall–Kier alpha value is -3.27. The van der Waals surface area contributed by atoms with E-state index in [9.17, 15) is 14.7 Å². The summed E-state index contributed by atoms with van der Waals surface area (Å²) in [7, 11) is 3.16. The Morgan fingerprint density at radius 3 is 2.48 bits per heavy atom. The molecular weight excluding hydrogens is 402 g/mol. The molecular formula is C21H27N5O5. The molecule has 166 valence electrons. The molecule has 0 saturated carbocycles. The minimum atomic E-state index is -0.889. The van der Waals surface area contributed by atoms with E-state index in [-0.39, 0.29) is 18.7 Å². The van der Waals surface area contributed by atoms with Gasteiger partial charge in [-0.25, -0.2) is 4.79 Å². The quantitative estimate of drug-likeness (QED) is 0.573. The second-order valence-electron chi connectivity index (χ2n) is 7.70. The fourth-order valence-electron chi connectivity index (χ4n) is 3.86. The number of H-pyrrole nitrogens is 1. The Balaban J connectivity index is 1.62. The molecule has 0 aliphatic carbocycles. The maximum Gasteiger partial charge on any atom is 0.329 e. The standard InChI is InChI=1S/C21H27N5O5/c1-24-18-17(19(28)23-21(24)29)26(20(22-18)25-10-4-3-5-11-25)12-14(27)13-31-16-8-6-15(30-2)7-9-16/h6-9,14,27H,3-5,10-13H2,1-2H3,(H,23,28,29)/t14-/m0/s1. The van der Waals surface area contributed by atoms with Gasteiger partial charge in [-0.1, -0.05) is 0 Å². The number of rotatable bonds is 7. The van der Waals surface area contributed by atoms with E-state index in [0.29, 0.717) is 23.1 Å². The largest absolute Gasteiger partial charge is 0.497 e. The van der Waals surface area contributed by atoms with Crippen molar-refractivity contribution in [1.82, 2.24) is 19.1 Å². The van der Waals surface area contributed by atoms with Crippen molar-refractivity contribution in [2.24, 2.45) is 7.05 Å². The highest BCUT2D eigenvalue weighted by Crippen LogP contribution is 2.24. The number of benzene rings is 1. The van der Waals surface area contributed by atoms with Crippen LogP contribution in [-0.4, -0.2) is 57.1 Å². The molecule has 1 aliphatic heterocycles. The third kappa shape index (κ3) is 4.29. The molecule has 1 aromatic carbocycles. The summed E-state index contributed by atoms with van der Waals surface area (Å²) in [5, 5.41) is 10.7. The third-order valence-electron chi connectivity index (χ3n) is 5.52. The van der Waals surface area contributed by atoms with Crippen LogP contribution in [0.2, 0.25) is 0 Å². The number of imidazole rings is 1. The maximum atomic E-state index is 12.6. The van der Waals surface area contributed by atoms with Crippen molar-refractivity contribution < 1.29 is 14.6 Å². The van der Waals surface area contributed by atoms with Crippen LogP contribution in [0.5, 0.6) is 11.5 Å². The molecule has 0 amide bonds. The number of methoxy groups -OCH3 is 1. The first-order chi connectivity index (χ1) is 15.0. The van der Waals surface area contributed by atoms with Gasteiger partial charge in [0, 0.05) is 20.1 Å². The molecule has 10 nitrogen and oxygen atoms in total. The first-order valence-electron chi connectivity index (χ1n) is 10.4. The van der Waals surface area contributed by atoms with Crippen molar-refractivity contribution in [2.75, 3.05) is 31.7 Å².